The third-order valence-corrected chi connectivity index (χ3v) is 3.55. The fraction of sp³-hybridized carbons (Fsp3) is 0. The highest BCUT2D eigenvalue weighted by Gasteiger charge is 2.13. The zero-order chi connectivity index (χ0) is 17.8. The summed E-state index contributed by atoms with van der Waals surface area (Å²) in [5, 5.41) is 13.3. The highest BCUT2D eigenvalue weighted by Crippen LogP contribution is 2.18. The minimum Gasteiger partial charge on any atom is -0.322 e. The third-order valence-electron chi connectivity index (χ3n) is 3.55. The van der Waals surface area contributed by atoms with Gasteiger partial charge in [-0.05, 0) is 23.8 Å². The summed E-state index contributed by atoms with van der Waals surface area (Å²) >= 11 is 0. The van der Waals surface area contributed by atoms with Gasteiger partial charge in [0.05, 0.1) is 4.92 Å². The summed E-state index contributed by atoms with van der Waals surface area (Å²) in [5.41, 5.74) is 0.898. The van der Waals surface area contributed by atoms with Gasteiger partial charge in [-0.25, -0.2) is 0 Å². The van der Waals surface area contributed by atoms with Crippen LogP contribution in [-0.2, 0) is 0 Å². The van der Waals surface area contributed by atoms with Crippen LogP contribution < -0.4 is 10.9 Å². The molecule has 7 nitrogen and oxygen atoms in total. The molecule has 0 bridgehead atoms. The zero-order valence-electron chi connectivity index (χ0n) is 12.9. The number of rotatable bonds is 4. The van der Waals surface area contributed by atoms with Crippen molar-refractivity contribution in [3.05, 3.63) is 92.8 Å². The van der Waals surface area contributed by atoms with Crippen molar-refractivity contribution in [2.75, 3.05) is 5.32 Å². The van der Waals surface area contributed by atoms with E-state index in [1.807, 2.05) is 30.3 Å². The lowest BCUT2D eigenvalue weighted by atomic mass is 10.1. The predicted molar refractivity (Wildman–Crippen MR) is 93.5 cm³/mol. The van der Waals surface area contributed by atoms with Gasteiger partial charge in [-0.3, -0.25) is 19.7 Å². The van der Waals surface area contributed by atoms with Gasteiger partial charge in [-0.2, -0.15) is 0 Å². The van der Waals surface area contributed by atoms with Gasteiger partial charge in [0, 0.05) is 23.5 Å². The number of non-ortho nitro benzene ring substituents is 1. The smallest absolute Gasteiger partial charge is 0.271 e. The van der Waals surface area contributed by atoms with Crippen LogP contribution in [0.4, 0.5) is 11.4 Å². The molecular formula is C18H13N3O4. The van der Waals surface area contributed by atoms with E-state index in [0.29, 0.717) is 5.69 Å². The number of nitrogens with zero attached hydrogens (tertiary/aromatic N) is 1. The van der Waals surface area contributed by atoms with E-state index in [1.165, 1.54) is 30.3 Å². The number of nitro groups is 1. The Kier molecular flexibility index (Phi) is 4.38. The van der Waals surface area contributed by atoms with Crippen LogP contribution in [0.2, 0.25) is 0 Å². The predicted octanol–water partition coefficient (Wildman–Crippen LogP) is 3.20. The fourth-order valence-electron chi connectivity index (χ4n) is 2.33. The van der Waals surface area contributed by atoms with Crippen LogP contribution in [-0.4, -0.2) is 15.8 Å². The van der Waals surface area contributed by atoms with E-state index in [4.69, 9.17) is 0 Å². The molecule has 1 aromatic heterocycles. The molecule has 0 aliphatic rings. The average molecular weight is 335 g/mol. The first-order valence-electron chi connectivity index (χ1n) is 7.39. The number of hydrogen-bond donors (Lipinski definition) is 2. The standard InChI is InChI=1S/C18H13N3O4/c22-17(19-13-7-4-8-14(11-13)21(24)25)15-9-10-16(20-18(15)23)12-5-2-1-3-6-12/h1-11H,(H,19,22)(H,20,23). The van der Waals surface area contributed by atoms with Crippen LogP contribution in [0.1, 0.15) is 10.4 Å². The molecule has 1 heterocycles. The third kappa shape index (κ3) is 3.61. The maximum Gasteiger partial charge on any atom is 0.271 e. The van der Waals surface area contributed by atoms with Gasteiger partial charge in [0.25, 0.3) is 17.2 Å². The number of anilines is 1. The summed E-state index contributed by atoms with van der Waals surface area (Å²) in [7, 11) is 0. The molecule has 124 valence electrons. The number of aromatic amines is 1. The Morgan fingerprint density at radius 1 is 1.00 bits per heavy atom. The molecule has 7 heteroatoms. The molecule has 0 saturated carbocycles. The molecule has 2 aromatic carbocycles. The van der Waals surface area contributed by atoms with Crippen LogP contribution in [0.25, 0.3) is 11.3 Å². The number of nitrogens with one attached hydrogen (secondary N) is 2. The molecule has 3 aromatic rings. The summed E-state index contributed by atoms with van der Waals surface area (Å²) in [6, 6.07) is 17.8. The zero-order valence-corrected chi connectivity index (χ0v) is 12.9. The Hall–Kier alpha value is -3.74. The lowest BCUT2D eigenvalue weighted by Gasteiger charge is -2.06. The van der Waals surface area contributed by atoms with E-state index < -0.39 is 16.4 Å². The van der Waals surface area contributed by atoms with Crippen molar-refractivity contribution in [1.29, 1.82) is 0 Å². The number of nitro benzene ring substituents is 1. The second-order valence-electron chi connectivity index (χ2n) is 5.24. The molecule has 25 heavy (non-hydrogen) atoms. The number of hydrogen-bond acceptors (Lipinski definition) is 4. The second kappa shape index (κ2) is 6.79. The summed E-state index contributed by atoms with van der Waals surface area (Å²) in [6.45, 7) is 0. The first-order chi connectivity index (χ1) is 12.0. The highest BCUT2D eigenvalue weighted by molar-refractivity contribution is 6.04. The lowest BCUT2D eigenvalue weighted by Crippen LogP contribution is -2.23. The number of carbonyl (C=O) groups excluding carboxylic acids is 1. The van der Waals surface area contributed by atoms with Crippen molar-refractivity contribution in [2.24, 2.45) is 0 Å². The van der Waals surface area contributed by atoms with Crippen LogP contribution in [0.3, 0.4) is 0 Å². The van der Waals surface area contributed by atoms with E-state index in [0.717, 1.165) is 5.56 Å². The summed E-state index contributed by atoms with van der Waals surface area (Å²) in [4.78, 5) is 37.3. The average Bonchev–Trinajstić information content (AvgIpc) is 2.62. The SMILES string of the molecule is O=C(Nc1cccc([N+](=O)[O-])c1)c1ccc(-c2ccccc2)[nH]c1=O. The second-order valence-corrected chi connectivity index (χ2v) is 5.24. The van der Waals surface area contributed by atoms with Crippen molar-refractivity contribution in [1.82, 2.24) is 4.98 Å². The van der Waals surface area contributed by atoms with Crippen LogP contribution >= 0.6 is 0 Å². The van der Waals surface area contributed by atoms with Gasteiger partial charge < -0.3 is 10.3 Å². The Bertz CT molecular complexity index is 996. The molecule has 0 aliphatic carbocycles. The van der Waals surface area contributed by atoms with Gasteiger partial charge in [-0.1, -0.05) is 36.4 Å². The Morgan fingerprint density at radius 3 is 2.44 bits per heavy atom. The number of carbonyl (C=O) groups is 1. The number of benzene rings is 2. The first-order valence-corrected chi connectivity index (χ1v) is 7.39. The maximum absolute atomic E-state index is 12.3. The monoisotopic (exact) mass is 335 g/mol. The maximum atomic E-state index is 12.3. The molecule has 0 saturated heterocycles. The summed E-state index contributed by atoms with van der Waals surface area (Å²) in [6.07, 6.45) is 0. The van der Waals surface area contributed by atoms with Crippen LogP contribution in [0.5, 0.6) is 0 Å². The van der Waals surface area contributed by atoms with Gasteiger partial charge in [0.2, 0.25) is 0 Å². The van der Waals surface area contributed by atoms with Gasteiger partial charge in [0.1, 0.15) is 5.56 Å². The molecule has 0 spiro atoms. The van der Waals surface area contributed by atoms with E-state index in [2.05, 4.69) is 10.3 Å². The van der Waals surface area contributed by atoms with E-state index in [9.17, 15) is 19.7 Å². The number of pyridine rings is 1. The molecule has 0 fully saturated rings. The van der Waals surface area contributed by atoms with Gasteiger partial charge in [-0.15, -0.1) is 0 Å². The Morgan fingerprint density at radius 2 is 1.76 bits per heavy atom. The van der Waals surface area contributed by atoms with E-state index in [-0.39, 0.29) is 16.9 Å². The summed E-state index contributed by atoms with van der Waals surface area (Å²) in [5.74, 6) is -0.638. The molecule has 0 radical (unpaired) electrons. The van der Waals surface area contributed by atoms with E-state index >= 15 is 0 Å². The number of amides is 1. The fourth-order valence-corrected chi connectivity index (χ4v) is 2.33. The molecular weight excluding hydrogens is 322 g/mol. The molecule has 2 N–H and O–H groups in total. The largest absolute Gasteiger partial charge is 0.322 e. The van der Waals surface area contributed by atoms with Crippen LogP contribution in [0.15, 0.2) is 71.5 Å². The normalized spacial score (nSPS) is 10.2. The first kappa shape index (κ1) is 16.1. The topological polar surface area (TPSA) is 105 Å². The molecule has 0 atom stereocenters. The molecule has 0 aliphatic heterocycles. The van der Waals surface area contributed by atoms with Crippen molar-refractivity contribution >= 4 is 17.3 Å². The minimum absolute atomic E-state index is 0.0776. The molecule has 1 amide bonds. The van der Waals surface area contributed by atoms with Crippen molar-refractivity contribution < 1.29 is 9.72 Å². The van der Waals surface area contributed by atoms with Gasteiger partial charge in [0.15, 0.2) is 0 Å². The van der Waals surface area contributed by atoms with E-state index in [1.54, 1.807) is 6.07 Å². The van der Waals surface area contributed by atoms with Crippen molar-refractivity contribution in [3.63, 3.8) is 0 Å². The summed E-state index contributed by atoms with van der Waals surface area (Å²) < 4.78 is 0. The molecule has 3 rings (SSSR count). The Labute approximate surface area is 142 Å². The number of H-pyrrole nitrogens is 1. The van der Waals surface area contributed by atoms with Crippen molar-refractivity contribution in [2.45, 2.75) is 0 Å². The quantitative estimate of drug-likeness (QED) is 0.564. The minimum atomic E-state index is -0.638. The Balaban J connectivity index is 1.85. The van der Waals surface area contributed by atoms with Gasteiger partial charge >= 0.3 is 0 Å². The number of aromatic nitrogens is 1. The molecule has 0 unspecified atom stereocenters. The van der Waals surface area contributed by atoms with Crippen molar-refractivity contribution in [3.8, 4) is 11.3 Å². The lowest BCUT2D eigenvalue weighted by molar-refractivity contribution is -0.384. The van der Waals surface area contributed by atoms with Crippen LogP contribution in [0, 0.1) is 10.1 Å². The highest BCUT2D eigenvalue weighted by atomic mass is 16.6.